The maximum atomic E-state index is 13.4. The minimum Gasteiger partial charge on any atom is -0.394 e. The summed E-state index contributed by atoms with van der Waals surface area (Å²) in [6, 6.07) is 23.1. The van der Waals surface area contributed by atoms with E-state index in [4.69, 9.17) is 75.7 Å². The summed E-state index contributed by atoms with van der Waals surface area (Å²) in [5.74, 6) is -0.932. The smallest absolute Gasteiger partial charge is 0.328 e. The van der Waals surface area contributed by atoms with E-state index in [-0.39, 0.29) is 36.4 Å². The van der Waals surface area contributed by atoms with Gasteiger partial charge in [0.05, 0.1) is 47.3 Å². The minimum atomic E-state index is -1.79. The third-order valence-electron chi connectivity index (χ3n) is 15.8. The molecule has 7 atom stereocenters. The molecule has 24 nitrogen and oxygen atoms in total. The van der Waals surface area contributed by atoms with Crippen molar-refractivity contribution >= 4 is 105 Å². The number of ether oxygens (including phenoxy) is 3. The Hall–Kier alpha value is -7.20. The molecule has 4 saturated heterocycles. The number of allylic oxidation sites excluding steroid dienone is 1. The number of nitrogens with one attached hydrogen (secondary N) is 2. The second-order valence-corrected chi connectivity index (χ2v) is 24.9. The number of aromatic nitrogens is 2. The highest BCUT2D eigenvalue weighted by atomic mass is 35.6. The SMILES string of the molecule is C=CCC1(C(C)CC)C(=O)NC(=O)NC1=O.CN1CCN(/C=C2\N=C3CN=C(c4ccccc4Cl)c4cc([N+](=O)[O-])ccc4N3C2=O)CC1.Cc1ccc(-c2nc3ccc(C)cn3c2CC(=O)N(C)C)cc1.OC[C@@H](O)[C@H]1O[C@@H]2O[C@H](C(Cl)(Cl)Cl)O[C@@H]2[C@H]1O. The predicted octanol–water partition coefficient (Wildman–Crippen LogP) is 6.68. The number of carbonyl (C=O) groups excluding carboxylic acids is 5. The van der Waals surface area contributed by atoms with E-state index in [9.17, 15) is 44.3 Å². The lowest BCUT2D eigenvalue weighted by Gasteiger charge is -2.37. The van der Waals surface area contributed by atoms with Crippen LogP contribution in [0, 0.1) is 35.3 Å². The number of piperazine rings is 1. The molecule has 3 aromatic carbocycles. The summed E-state index contributed by atoms with van der Waals surface area (Å²) in [5.41, 5.74) is 7.23. The first-order chi connectivity index (χ1) is 42.2. The highest BCUT2D eigenvalue weighted by Crippen LogP contribution is 2.43. The summed E-state index contributed by atoms with van der Waals surface area (Å²) in [6.07, 6.45) is 0.277. The van der Waals surface area contributed by atoms with Crippen molar-refractivity contribution in [2.24, 2.45) is 21.3 Å². The van der Waals surface area contributed by atoms with E-state index in [0.717, 1.165) is 54.3 Å². The number of nitrogens with zero attached hydrogens (tertiary/aromatic N) is 9. The lowest BCUT2D eigenvalue weighted by Crippen LogP contribution is -2.64. The lowest BCUT2D eigenvalue weighted by atomic mass is 9.70. The Morgan fingerprint density at radius 2 is 1.62 bits per heavy atom. The van der Waals surface area contributed by atoms with Gasteiger partial charge in [0.25, 0.3) is 11.6 Å². The standard InChI is InChI=1S/C23H21ClN6O3.C19H21N3O.C11H16N2O3.C8H11Cl3O6/c1-27-8-10-28(11-9-27)14-19-23(31)29-20-7-6-15(30(32)33)12-17(20)22(25-13-21(29)26-19)16-4-2-3-5-18(16)24;1-13-5-8-15(9-6-13)19-16(11-18(23)21(3)4)22-12-14(2)7-10-17(22)20-19;1-4-6-11(7(3)5-2)8(14)12-10(16)13-9(11)15;9-8(10,11)7-16-5-3(14)4(2(13)1-12)15-6(5)17-7/h2-7,12,14H,8-11,13H2,1H3;5-10,12H,11H2,1-4H3;4,7H,1,5-6H2,2-3H3,(H2,12,13,14,15,16);2-7,12-14H,1H2/b19-14-;;;/t;;;2-,3+,4-,5-,6-,7-/m...1/s1. The number of amidine groups is 1. The van der Waals surface area contributed by atoms with Crippen molar-refractivity contribution in [3.05, 3.63) is 153 Å². The summed E-state index contributed by atoms with van der Waals surface area (Å²) >= 11 is 23.2. The molecule has 1 unspecified atom stereocenters. The number of aryl methyl sites for hydroxylation is 2. The topological polar surface area (TPSA) is 296 Å². The number of anilines is 1. The number of halogens is 4. The Balaban J connectivity index is 0.000000161. The number of imidazole rings is 1. The Morgan fingerprint density at radius 3 is 2.21 bits per heavy atom. The van der Waals surface area contributed by atoms with Crippen LogP contribution in [0.4, 0.5) is 16.2 Å². The molecule has 5 N–H and O–H groups in total. The maximum absolute atomic E-state index is 13.4. The van der Waals surface area contributed by atoms with Crippen LogP contribution in [0.2, 0.25) is 5.02 Å². The minimum absolute atomic E-state index is 0.0710. The Kier molecular flexibility index (Phi) is 21.9. The number of imide groups is 2. The lowest BCUT2D eigenvalue weighted by molar-refractivity contribution is -0.384. The molecule has 0 radical (unpaired) electrons. The molecule has 0 saturated carbocycles. The quantitative estimate of drug-likeness (QED) is 0.0217. The van der Waals surface area contributed by atoms with Crippen LogP contribution < -0.4 is 15.5 Å². The van der Waals surface area contributed by atoms with Crippen molar-refractivity contribution in [3.63, 3.8) is 0 Å². The fourth-order valence-corrected chi connectivity index (χ4v) is 11.1. The van der Waals surface area contributed by atoms with Gasteiger partial charge in [0.2, 0.25) is 27.8 Å². The molecule has 6 amide bonds. The first kappa shape index (κ1) is 67.7. The predicted molar refractivity (Wildman–Crippen MR) is 336 cm³/mol. The Morgan fingerprint density at radius 1 is 0.955 bits per heavy atom. The van der Waals surface area contributed by atoms with E-state index in [2.05, 4.69) is 70.2 Å². The summed E-state index contributed by atoms with van der Waals surface area (Å²) in [6.45, 7) is 14.4. The van der Waals surface area contributed by atoms with Gasteiger partial charge >= 0.3 is 6.03 Å². The summed E-state index contributed by atoms with van der Waals surface area (Å²) in [7, 11) is 5.63. The number of carbonyl (C=O) groups is 5. The van der Waals surface area contributed by atoms with Gasteiger partial charge in [0.15, 0.2) is 6.29 Å². The van der Waals surface area contributed by atoms with Gasteiger partial charge in [0.1, 0.15) is 47.0 Å². The number of barbiturate groups is 1. The number of aliphatic hydroxyl groups is 3. The molecule has 8 heterocycles. The number of hydrogen-bond donors (Lipinski definition) is 5. The third-order valence-corrected chi connectivity index (χ3v) is 16.6. The van der Waals surface area contributed by atoms with Crippen LogP contribution in [0.5, 0.6) is 0 Å². The number of alkyl halides is 3. The zero-order valence-electron chi connectivity index (χ0n) is 49.8. The Bertz CT molecular complexity index is 3580. The van der Waals surface area contributed by atoms with Gasteiger partial charge in [-0.1, -0.05) is 127 Å². The molecule has 28 heteroatoms. The van der Waals surface area contributed by atoms with Crippen LogP contribution in [0.15, 0.2) is 120 Å². The zero-order chi connectivity index (χ0) is 64.8. The van der Waals surface area contributed by atoms with E-state index >= 15 is 0 Å². The van der Waals surface area contributed by atoms with Gasteiger partial charge in [0, 0.05) is 86.5 Å². The van der Waals surface area contributed by atoms with Crippen molar-refractivity contribution < 1.29 is 58.4 Å². The number of amides is 6. The highest BCUT2D eigenvalue weighted by molar-refractivity contribution is 6.68. The molecular formula is C61H69Cl4N11O13. The van der Waals surface area contributed by atoms with Crippen molar-refractivity contribution in [1.82, 2.24) is 34.7 Å². The Labute approximate surface area is 533 Å². The van der Waals surface area contributed by atoms with Gasteiger partial charge in [-0.15, -0.1) is 6.58 Å². The molecule has 0 bridgehead atoms. The zero-order valence-corrected chi connectivity index (χ0v) is 52.8. The molecule has 0 aliphatic carbocycles. The number of aliphatic imine (C=N–C) groups is 2. The van der Waals surface area contributed by atoms with E-state index in [1.807, 2.05) is 55.6 Å². The number of benzene rings is 3. The summed E-state index contributed by atoms with van der Waals surface area (Å²) < 4.78 is 15.8. The van der Waals surface area contributed by atoms with Crippen LogP contribution in [0.3, 0.4) is 0 Å². The van der Waals surface area contributed by atoms with E-state index in [1.165, 1.54) is 28.7 Å². The largest absolute Gasteiger partial charge is 0.394 e. The molecule has 474 valence electrons. The highest BCUT2D eigenvalue weighted by Gasteiger charge is 2.57. The number of rotatable bonds is 12. The number of urea groups is 1. The van der Waals surface area contributed by atoms with E-state index in [1.54, 1.807) is 43.4 Å². The normalized spacial score (nSPS) is 22.3. The van der Waals surface area contributed by atoms with Crippen LogP contribution in [-0.2, 0) is 39.8 Å². The number of nitro groups is 1. The van der Waals surface area contributed by atoms with E-state index in [0.29, 0.717) is 51.9 Å². The van der Waals surface area contributed by atoms with Crippen molar-refractivity contribution in [2.45, 2.75) is 87.7 Å². The molecule has 2 aromatic heterocycles. The van der Waals surface area contributed by atoms with Crippen molar-refractivity contribution in [2.75, 3.05) is 65.4 Å². The second kappa shape index (κ2) is 28.7. The number of hydrogen-bond acceptors (Lipinski definition) is 18. The third kappa shape index (κ3) is 15.0. The van der Waals surface area contributed by atoms with Gasteiger partial charge in [-0.25, -0.2) is 14.8 Å². The average Bonchev–Trinajstić information content (AvgIpc) is 1.76. The van der Waals surface area contributed by atoms with Crippen molar-refractivity contribution in [1.29, 1.82) is 0 Å². The second-order valence-electron chi connectivity index (χ2n) is 22.1. The first-order valence-electron chi connectivity index (χ1n) is 28.4. The average molecular weight is 1310 g/mol. The van der Waals surface area contributed by atoms with E-state index < -0.39 is 75.6 Å². The number of pyridine rings is 1. The molecule has 4 fully saturated rings. The van der Waals surface area contributed by atoms with Crippen LogP contribution in [0.25, 0.3) is 16.9 Å². The molecule has 5 aromatic rings. The fraction of sp³-hybridized carbons (Fsp3) is 0.410. The van der Waals surface area contributed by atoms with Crippen LogP contribution in [-0.4, -0.2) is 187 Å². The van der Waals surface area contributed by atoms with Crippen LogP contribution >= 0.6 is 46.4 Å². The van der Waals surface area contributed by atoms with Gasteiger partial charge < -0.3 is 48.6 Å². The van der Waals surface area contributed by atoms with Crippen molar-refractivity contribution in [3.8, 4) is 11.3 Å². The number of non-ortho nitro benzene ring substituents is 1. The number of fused-ring (bicyclic) bond motifs is 5. The number of aliphatic hydroxyl groups excluding tert-OH is 3. The molecule has 89 heavy (non-hydrogen) atoms. The summed E-state index contributed by atoms with van der Waals surface area (Å²) in [5, 5.41) is 44.2. The molecule has 0 spiro atoms. The number of likely N-dealkylation sites (N-methyl/N-ethyl adjacent to an activating group) is 2. The molecule has 6 aliphatic heterocycles. The maximum Gasteiger partial charge on any atom is 0.328 e. The first-order valence-corrected chi connectivity index (χ1v) is 29.9. The monoisotopic (exact) mass is 1300 g/mol. The van der Waals surface area contributed by atoms with Crippen LogP contribution in [0.1, 0.15) is 54.6 Å². The fourth-order valence-electron chi connectivity index (χ4n) is 10.5. The van der Waals surface area contributed by atoms with Gasteiger partial charge in [-0.05, 0) is 57.0 Å². The molecule has 11 rings (SSSR count). The van der Waals surface area contributed by atoms with Gasteiger partial charge in [-0.3, -0.25) is 49.8 Å². The summed E-state index contributed by atoms with van der Waals surface area (Å²) in [4.78, 5) is 93.0. The number of nitro benzene ring substituents is 1. The molecule has 6 aliphatic rings. The van der Waals surface area contributed by atoms with Gasteiger partial charge in [-0.2, -0.15) is 0 Å². The molecular weight excluding hydrogens is 1240 g/mol.